The van der Waals surface area contributed by atoms with Gasteiger partial charge in [-0.15, -0.1) is 0 Å². The van der Waals surface area contributed by atoms with Gasteiger partial charge in [-0.2, -0.15) is 4.98 Å². The molecule has 1 aromatic carbocycles. The van der Waals surface area contributed by atoms with Crippen molar-refractivity contribution >= 4 is 32.6 Å². The van der Waals surface area contributed by atoms with Gasteiger partial charge in [0, 0.05) is 19.2 Å². The van der Waals surface area contributed by atoms with Crippen LogP contribution in [0, 0.1) is 0 Å². The summed E-state index contributed by atoms with van der Waals surface area (Å²) in [5.41, 5.74) is 7.45. The summed E-state index contributed by atoms with van der Waals surface area (Å²) in [4.78, 5) is 10.5. The minimum Gasteiger partial charge on any atom is -0.375 e. The lowest BCUT2D eigenvalue weighted by molar-refractivity contribution is 0.430. The van der Waals surface area contributed by atoms with Crippen LogP contribution in [0.4, 0.5) is 11.1 Å². The Labute approximate surface area is 113 Å². The zero-order valence-electron chi connectivity index (χ0n) is 10.6. The first-order valence-corrected chi connectivity index (χ1v) is 6.70. The number of hydrogen-bond acceptors (Lipinski definition) is 7. The van der Waals surface area contributed by atoms with Crippen LogP contribution in [-0.2, 0) is 0 Å². The summed E-state index contributed by atoms with van der Waals surface area (Å²) in [6, 6.07) is 5.78. The first-order valence-electron chi connectivity index (χ1n) is 5.88. The van der Waals surface area contributed by atoms with E-state index in [1.807, 2.05) is 37.1 Å². The number of aromatic nitrogens is 3. The van der Waals surface area contributed by atoms with Crippen LogP contribution in [0.15, 0.2) is 22.7 Å². The van der Waals surface area contributed by atoms with Gasteiger partial charge in [-0.05, 0) is 30.3 Å². The third-order valence-corrected chi connectivity index (χ3v) is 3.73. The molecule has 0 atom stereocenters. The Hall–Kier alpha value is -2.15. The fraction of sp³-hybridized carbons (Fsp3) is 0.250. The summed E-state index contributed by atoms with van der Waals surface area (Å²) in [6.07, 6.45) is 0. The van der Waals surface area contributed by atoms with Crippen LogP contribution < -0.4 is 10.6 Å². The molecule has 3 rings (SSSR count). The molecule has 2 N–H and O–H groups in total. The van der Waals surface area contributed by atoms with E-state index in [1.165, 1.54) is 11.3 Å². The van der Waals surface area contributed by atoms with E-state index >= 15 is 0 Å². The van der Waals surface area contributed by atoms with E-state index < -0.39 is 0 Å². The largest absolute Gasteiger partial charge is 0.375 e. The highest BCUT2D eigenvalue weighted by Gasteiger charge is 2.12. The van der Waals surface area contributed by atoms with E-state index in [1.54, 1.807) is 0 Å². The maximum atomic E-state index is 5.69. The summed E-state index contributed by atoms with van der Waals surface area (Å²) in [5, 5.41) is 4.51. The smallest absolute Gasteiger partial charge is 0.266 e. The van der Waals surface area contributed by atoms with E-state index in [4.69, 9.17) is 10.3 Å². The molecule has 0 amide bonds. The van der Waals surface area contributed by atoms with Crippen molar-refractivity contribution in [3.05, 3.63) is 18.2 Å². The number of hydrogen-bond donors (Lipinski definition) is 1. The van der Waals surface area contributed by atoms with Crippen LogP contribution in [0.1, 0.15) is 6.92 Å². The first kappa shape index (κ1) is 11.9. The number of nitrogens with two attached hydrogens (primary N) is 1. The molecule has 0 saturated carbocycles. The molecular formula is C12H13N5OS. The van der Waals surface area contributed by atoms with E-state index in [0.29, 0.717) is 17.0 Å². The average molecular weight is 275 g/mol. The van der Waals surface area contributed by atoms with Gasteiger partial charge in [0.1, 0.15) is 0 Å². The third kappa shape index (κ3) is 2.12. The fourth-order valence-electron chi connectivity index (χ4n) is 1.70. The molecule has 6 nitrogen and oxygen atoms in total. The number of thiazole rings is 1. The lowest BCUT2D eigenvalue weighted by atomic mass is 10.2. The highest BCUT2D eigenvalue weighted by molar-refractivity contribution is 7.22. The Morgan fingerprint density at radius 1 is 1.37 bits per heavy atom. The maximum absolute atomic E-state index is 5.69. The molecule has 0 saturated heterocycles. The second-order valence-corrected chi connectivity index (χ2v) is 5.21. The quantitative estimate of drug-likeness (QED) is 0.790. The van der Waals surface area contributed by atoms with Crippen LogP contribution in [-0.4, -0.2) is 28.7 Å². The molecule has 98 valence electrons. The van der Waals surface area contributed by atoms with Crippen molar-refractivity contribution in [1.82, 2.24) is 15.1 Å². The highest BCUT2D eigenvalue weighted by Crippen LogP contribution is 2.29. The van der Waals surface area contributed by atoms with Gasteiger partial charge in [0.15, 0.2) is 5.13 Å². The average Bonchev–Trinajstić information content (AvgIpc) is 3.01. The Kier molecular flexibility index (Phi) is 2.83. The van der Waals surface area contributed by atoms with E-state index in [0.717, 1.165) is 22.3 Å². The summed E-state index contributed by atoms with van der Waals surface area (Å²) in [6.45, 7) is 2.85. The molecule has 0 aliphatic heterocycles. The van der Waals surface area contributed by atoms with Gasteiger partial charge in [-0.3, -0.25) is 0 Å². The fourth-order valence-corrected chi connectivity index (χ4v) is 2.48. The van der Waals surface area contributed by atoms with Crippen molar-refractivity contribution in [1.29, 1.82) is 0 Å². The standard InChI is InChI=1S/C12H13N5OS/c1-3-17(2)12-15-10(18-16-12)7-4-5-8-9(6-7)19-11(13)14-8/h4-6H,3H2,1-2H3,(H2,13,14). The molecule has 0 aliphatic carbocycles. The minimum absolute atomic E-state index is 0.504. The molecule has 0 unspecified atom stereocenters. The molecule has 2 aromatic heterocycles. The van der Waals surface area contributed by atoms with Gasteiger partial charge >= 0.3 is 0 Å². The highest BCUT2D eigenvalue weighted by atomic mass is 32.1. The van der Waals surface area contributed by atoms with Crippen LogP contribution >= 0.6 is 11.3 Å². The Bertz CT molecular complexity index is 720. The zero-order valence-corrected chi connectivity index (χ0v) is 11.4. The van der Waals surface area contributed by atoms with E-state index in [2.05, 4.69) is 15.1 Å². The van der Waals surface area contributed by atoms with Gasteiger partial charge in [-0.1, -0.05) is 11.3 Å². The predicted octanol–water partition coefficient (Wildman–Crippen LogP) is 2.38. The normalized spacial score (nSPS) is 11.1. The van der Waals surface area contributed by atoms with Gasteiger partial charge in [0.2, 0.25) is 0 Å². The van der Waals surface area contributed by atoms with E-state index in [-0.39, 0.29) is 0 Å². The molecule has 19 heavy (non-hydrogen) atoms. The molecule has 0 aliphatic rings. The second-order valence-electron chi connectivity index (χ2n) is 4.15. The number of rotatable bonds is 3. The van der Waals surface area contributed by atoms with Crippen molar-refractivity contribution in [3.63, 3.8) is 0 Å². The molecule has 2 heterocycles. The number of fused-ring (bicyclic) bond motifs is 1. The zero-order chi connectivity index (χ0) is 13.4. The molecule has 3 aromatic rings. The topological polar surface area (TPSA) is 81.1 Å². The van der Waals surface area contributed by atoms with Crippen LogP contribution in [0.2, 0.25) is 0 Å². The van der Waals surface area contributed by atoms with E-state index in [9.17, 15) is 0 Å². The Balaban J connectivity index is 2.01. The van der Waals surface area contributed by atoms with Gasteiger partial charge in [0.25, 0.3) is 11.8 Å². The maximum Gasteiger partial charge on any atom is 0.266 e. The van der Waals surface area contributed by atoms with Gasteiger partial charge < -0.3 is 15.2 Å². The lowest BCUT2D eigenvalue weighted by Gasteiger charge is -2.08. The molecule has 0 fully saturated rings. The molecule has 0 spiro atoms. The monoisotopic (exact) mass is 275 g/mol. The number of benzene rings is 1. The van der Waals surface area contributed by atoms with Crippen molar-refractivity contribution in [2.45, 2.75) is 6.92 Å². The Morgan fingerprint density at radius 3 is 3.00 bits per heavy atom. The molecule has 7 heteroatoms. The van der Waals surface area contributed by atoms with Crippen LogP contribution in [0.5, 0.6) is 0 Å². The predicted molar refractivity (Wildman–Crippen MR) is 76.3 cm³/mol. The summed E-state index contributed by atoms with van der Waals surface area (Å²) in [5.74, 6) is 1.09. The van der Waals surface area contributed by atoms with Gasteiger partial charge in [0.05, 0.1) is 10.2 Å². The van der Waals surface area contributed by atoms with Crippen LogP contribution in [0.3, 0.4) is 0 Å². The number of anilines is 2. The molecule has 0 radical (unpaired) electrons. The van der Waals surface area contributed by atoms with Crippen molar-refractivity contribution in [3.8, 4) is 11.5 Å². The summed E-state index contributed by atoms with van der Waals surface area (Å²) < 4.78 is 6.29. The molecular weight excluding hydrogens is 262 g/mol. The van der Waals surface area contributed by atoms with Crippen molar-refractivity contribution in [2.75, 3.05) is 24.2 Å². The first-order chi connectivity index (χ1) is 9.17. The number of nitrogen functional groups attached to an aromatic ring is 1. The lowest BCUT2D eigenvalue weighted by Crippen LogP contribution is -2.16. The second kappa shape index (κ2) is 4.51. The van der Waals surface area contributed by atoms with Crippen LogP contribution in [0.25, 0.3) is 21.7 Å². The summed E-state index contributed by atoms with van der Waals surface area (Å²) in [7, 11) is 1.92. The summed E-state index contributed by atoms with van der Waals surface area (Å²) >= 11 is 1.44. The van der Waals surface area contributed by atoms with Crippen molar-refractivity contribution in [2.24, 2.45) is 0 Å². The minimum atomic E-state index is 0.504. The number of nitrogens with zero attached hydrogens (tertiary/aromatic N) is 4. The third-order valence-electron chi connectivity index (χ3n) is 2.88. The molecule has 0 bridgehead atoms. The SMILES string of the molecule is CCN(C)c1noc(-c2ccc3nc(N)sc3c2)n1. The van der Waals surface area contributed by atoms with Gasteiger partial charge in [-0.25, -0.2) is 4.98 Å². The Morgan fingerprint density at radius 2 is 2.21 bits per heavy atom. The van der Waals surface area contributed by atoms with Crippen molar-refractivity contribution < 1.29 is 4.52 Å².